The van der Waals surface area contributed by atoms with Crippen LogP contribution in [0.4, 0.5) is 0 Å². The summed E-state index contributed by atoms with van der Waals surface area (Å²) in [6, 6.07) is 0.734. The minimum absolute atomic E-state index is 0.564. The lowest BCUT2D eigenvalue weighted by Crippen LogP contribution is -2.43. The van der Waals surface area contributed by atoms with E-state index in [1.807, 2.05) is 0 Å². The highest BCUT2D eigenvalue weighted by Gasteiger charge is 2.28. The first-order valence-corrected chi connectivity index (χ1v) is 8.33. The number of nitrogens with zero attached hydrogens (tertiary/aromatic N) is 1. The van der Waals surface area contributed by atoms with Gasteiger partial charge in [-0.2, -0.15) is 0 Å². The molecule has 0 N–H and O–H groups in total. The summed E-state index contributed by atoms with van der Waals surface area (Å²) in [6.07, 6.45) is 13.2. The van der Waals surface area contributed by atoms with Gasteiger partial charge in [0.05, 0.1) is 0 Å². The van der Waals surface area contributed by atoms with Gasteiger partial charge in [-0.1, -0.05) is 30.7 Å². The van der Waals surface area contributed by atoms with Crippen LogP contribution in [0.3, 0.4) is 0 Å². The average Bonchev–Trinajstić information content (AvgIpc) is 2.53. The normalized spacial score (nSPS) is 28.5. The molecule has 1 fully saturated rings. The predicted octanol–water partition coefficient (Wildman–Crippen LogP) is 4.82. The number of rotatable bonds is 5. The van der Waals surface area contributed by atoms with Crippen molar-refractivity contribution in [1.82, 2.24) is 4.90 Å². The van der Waals surface area contributed by atoms with Crippen molar-refractivity contribution >= 4 is 0 Å². The van der Waals surface area contributed by atoms with E-state index in [1.165, 1.54) is 45.2 Å². The topological polar surface area (TPSA) is 3.24 Å². The lowest BCUT2D eigenvalue weighted by molar-refractivity contribution is 0.109. The highest BCUT2D eigenvalue weighted by Crippen LogP contribution is 2.33. The summed E-state index contributed by atoms with van der Waals surface area (Å²) >= 11 is 0. The van der Waals surface area contributed by atoms with Gasteiger partial charge in [0.25, 0.3) is 0 Å². The Balaban J connectivity index is 1.85. The fourth-order valence-corrected chi connectivity index (χ4v) is 3.74. The third kappa shape index (κ3) is 3.63. The quantitative estimate of drug-likeness (QED) is 0.649. The third-order valence-corrected chi connectivity index (χ3v) is 5.59. The number of hydrogen-bond acceptors (Lipinski definition) is 1. The van der Waals surface area contributed by atoms with Gasteiger partial charge in [-0.05, 0) is 69.9 Å². The Hall–Kier alpha value is -0.820. The first-order chi connectivity index (χ1) is 9.65. The zero-order valence-electron chi connectivity index (χ0n) is 13.4. The molecule has 0 aromatic carbocycles. The fourth-order valence-electron chi connectivity index (χ4n) is 3.74. The van der Waals surface area contributed by atoms with E-state index < -0.39 is 0 Å². The van der Waals surface area contributed by atoms with Gasteiger partial charge >= 0.3 is 0 Å². The van der Waals surface area contributed by atoms with Crippen molar-refractivity contribution < 1.29 is 0 Å². The molecule has 1 heteroatoms. The van der Waals surface area contributed by atoms with Crippen LogP contribution in [0.25, 0.3) is 0 Å². The number of piperidine rings is 1. The van der Waals surface area contributed by atoms with Crippen molar-refractivity contribution in [3.8, 4) is 0 Å². The molecule has 0 saturated carbocycles. The molecule has 0 aromatic heterocycles. The average molecular weight is 273 g/mol. The zero-order chi connectivity index (χ0) is 14.5. The smallest absolute Gasteiger partial charge is 0.00982 e. The van der Waals surface area contributed by atoms with E-state index >= 15 is 0 Å². The molecule has 3 atom stereocenters. The van der Waals surface area contributed by atoms with Crippen LogP contribution in [0.5, 0.6) is 0 Å². The molecule has 1 saturated heterocycles. The lowest BCUT2D eigenvalue weighted by Gasteiger charge is -2.40. The van der Waals surface area contributed by atoms with Gasteiger partial charge in [0.2, 0.25) is 0 Å². The predicted molar refractivity (Wildman–Crippen MR) is 88.7 cm³/mol. The van der Waals surface area contributed by atoms with Crippen LogP contribution < -0.4 is 0 Å². The zero-order valence-corrected chi connectivity index (χ0v) is 13.4. The second-order valence-electron chi connectivity index (χ2n) is 6.69. The molecule has 3 unspecified atom stereocenters. The van der Waals surface area contributed by atoms with Gasteiger partial charge in [-0.3, -0.25) is 0 Å². The molecule has 112 valence electrons. The van der Waals surface area contributed by atoms with Gasteiger partial charge < -0.3 is 4.90 Å². The van der Waals surface area contributed by atoms with E-state index in [0.29, 0.717) is 5.92 Å². The summed E-state index contributed by atoms with van der Waals surface area (Å²) in [7, 11) is 0. The molecule has 0 amide bonds. The molecule has 0 spiro atoms. The van der Waals surface area contributed by atoms with Crippen LogP contribution >= 0.6 is 0 Å². The minimum atomic E-state index is 0.564. The molecule has 2 rings (SSSR count). The van der Waals surface area contributed by atoms with E-state index in [1.54, 1.807) is 5.57 Å². The van der Waals surface area contributed by atoms with Gasteiger partial charge in [-0.25, -0.2) is 0 Å². The van der Waals surface area contributed by atoms with E-state index in [2.05, 4.69) is 50.1 Å². The molecule has 0 aromatic rings. The molecule has 1 aliphatic carbocycles. The van der Waals surface area contributed by atoms with Crippen LogP contribution in [0.1, 0.15) is 46.0 Å². The standard InChI is InChI=1S/C19H31N/c1-5-15(3)18-7-9-19(10-8-18)16(4)20-13-11-17(6-2)12-14-20/h5-7,15-17,19H,1-2,8-14H2,3-4H3. The van der Waals surface area contributed by atoms with E-state index in [9.17, 15) is 0 Å². The molecule has 1 aliphatic heterocycles. The summed E-state index contributed by atoms with van der Waals surface area (Å²) in [5.41, 5.74) is 1.61. The number of hydrogen-bond donors (Lipinski definition) is 0. The molecule has 0 bridgehead atoms. The largest absolute Gasteiger partial charge is 0.300 e. The molecule has 1 heterocycles. The maximum absolute atomic E-state index is 3.94. The van der Waals surface area contributed by atoms with Gasteiger partial charge in [-0.15, -0.1) is 13.2 Å². The first-order valence-electron chi connectivity index (χ1n) is 8.33. The van der Waals surface area contributed by atoms with Crippen LogP contribution in [-0.2, 0) is 0 Å². The summed E-state index contributed by atoms with van der Waals surface area (Å²) in [5.74, 6) is 2.16. The van der Waals surface area contributed by atoms with Crippen molar-refractivity contribution in [3.63, 3.8) is 0 Å². The van der Waals surface area contributed by atoms with Crippen LogP contribution in [0.15, 0.2) is 37.0 Å². The van der Waals surface area contributed by atoms with Crippen molar-refractivity contribution in [2.45, 2.75) is 52.0 Å². The Morgan fingerprint density at radius 1 is 1.20 bits per heavy atom. The molecule has 0 radical (unpaired) electrons. The Kier molecular flexibility index (Phi) is 5.65. The van der Waals surface area contributed by atoms with Gasteiger partial charge in [0, 0.05) is 6.04 Å². The second-order valence-corrected chi connectivity index (χ2v) is 6.69. The Labute approximate surface area is 125 Å². The van der Waals surface area contributed by atoms with E-state index in [4.69, 9.17) is 0 Å². The molecule has 1 nitrogen and oxygen atoms in total. The first kappa shape index (κ1) is 15.6. The Morgan fingerprint density at radius 3 is 2.40 bits per heavy atom. The van der Waals surface area contributed by atoms with Crippen LogP contribution in [0.2, 0.25) is 0 Å². The lowest BCUT2D eigenvalue weighted by atomic mass is 9.80. The van der Waals surface area contributed by atoms with Crippen molar-refractivity contribution in [3.05, 3.63) is 37.0 Å². The molecule has 20 heavy (non-hydrogen) atoms. The van der Waals surface area contributed by atoms with Crippen LogP contribution in [0, 0.1) is 17.8 Å². The van der Waals surface area contributed by atoms with Crippen molar-refractivity contribution in [1.29, 1.82) is 0 Å². The third-order valence-electron chi connectivity index (χ3n) is 5.59. The monoisotopic (exact) mass is 273 g/mol. The summed E-state index contributed by atoms with van der Waals surface area (Å²) in [4.78, 5) is 2.71. The van der Waals surface area contributed by atoms with Crippen LogP contribution in [-0.4, -0.2) is 24.0 Å². The summed E-state index contributed by atoms with van der Waals surface area (Å²) in [6.45, 7) is 15.1. The number of allylic oxidation sites excluding steroid dienone is 4. The van der Waals surface area contributed by atoms with E-state index in [0.717, 1.165) is 17.9 Å². The van der Waals surface area contributed by atoms with E-state index in [-0.39, 0.29) is 0 Å². The highest BCUT2D eigenvalue weighted by atomic mass is 15.2. The Morgan fingerprint density at radius 2 is 1.90 bits per heavy atom. The minimum Gasteiger partial charge on any atom is -0.300 e. The second kappa shape index (κ2) is 7.26. The van der Waals surface area contributed by atoms with Gasteiger partial charge in [0.15, 0.2) is 0 Å². The highest BCUT2D eigenvalue weighted by molar-refractivity contribution is 5.14. The fraction of sp³-hybridized carbons (Fsp3) is 0.684. The maximum atomic E-state index is 3.94. The molecular formula is C19H31N. The summed E-state index contributed by atoms with van der Waals surface area (Å²) < 4.78 is 0. The maximum Gasteiger partial charge on any atom is 0.00982 e. The molecule has 2 aliphatic rings. The van der Waals surface area contributed by atoms with Crippen molar-refractivity contribution in [2.75, 3.05) is 13.1 Å². The summed E-state index contributed by atoms with van der Waals surface area (Å²) in [5, 5.41) is 0. The van der Waals surface area contributed by atoms with Gasteiger partial charge in [0.1, 0.15) is 0 Å². The molecular weight excluding hydrogens is 242 g/mol. The SMILES string of the molecule is C=CC1CCN(C(C)C2CC=C(C(C)C=C)CC2)CC1. The Bertz CT molecular complexity index is 360. The van der Waals surface area contributed by atoms with Crippen molar-refractivity contribution in [2.24, 2.45) is 17.8 Å². The number of likely N-dealkylation sites (tertiary alicyclic amines) is 1.